The first-order valence-corrected chi connectivity index (χ1v) is 6.55. The summed E-state index contributed by atoms with van der Waals surface area (Å²) in [6.07, 6.45) is 5.44. The van der Waals surface area contributed by atoms with Crippen LogP contribution in [0.5, 0.6) is 0 Å². The average Bonchev–Trinajstić information content (AvgIpc) is 2.40. The van der Waals surface area contributed by atoms with E-state index in [-0.39, 0.29) is 19.4 Å². The number of rotatable bonds is 4. The minimum absolute atomic E-state index is 0.167. The molecule has 0 aromatic heterocycles. The second-order valence-electron chi connectivity index (χ2n) is 5.24. The predicted octanol–water partition coefficient (Wildman–Crippen LogP) is 2.84. The van der Waals surface area contributed by atoms with Crippen LogP contribution in [0.4, 0.5) is 4.39 Å². The Labute approximate surface area is 113 Å². The molecule has 3 N–H and O–H groups in total. The van der Waals surface area contributed by atoms with Crippen molar-refractivity contribution in [3.8, 4) is 0 Å². The van der Waals surface area contributed by atoms with Gasteiger partial charge >= 0.3 is 0 Å². The Morgan fingerprint density at radius 1 is 1.37 bits per heavy atom. The van der Waals surface area contributed by atoms with E-state index in [1.54, 1.807) is 6.08 Å². The molecule has 0 aliphatic heterocycles. The van der Waals surface area contributed by atoms with Crippen LogP contribution in [0, 0.1) is 0 Å². The summed E-state index contributed by atoms with van der Waals surface area (Å²) in [4.78, 5) is 0. The van der Waals surface area contributed by atoms with Crippen LogP contribution in [-0.4, -0.2) is 22.9 Å². The van der Waals surface area contributed by atoms with E-state index in [9.17, 15) is 9.50 Å². The van der Waals surface area contributed by atoms with Gasteiger partial charge in [0.25, 0.3) is 0 Å². The zero-order valence-corrected chi connectivity index (χ0v) is 11.1. The van der Waals surface area contributed by atoms with Crippen molar-refractivity contribution in [3.63, 3.8) is 0 Å². The van der Waals surface area contributed by atoms with Crippen LogP contribution in [-0.2, 0) is 0 Å². The summed E-state index contributed by atoms with van der Waals surface area (Å²) in [5.74, 6) is 0. The van der Waals surface area contributed by atoms with E-state index in [0.29, 0.717) is 0 Å². The molecule has 0 spiro atoms. The van der Waals surface area contributed by atoms with Crippen molar-refractivity contribution in [1.82, 2.24) is 0 Å². The highest BCUT2D eigenvalue weighted by Gasteiger charge is 2.45. The van der Waals surface area contributed by atoms with E-state index in [1.807, 2.05) is 36.4 Å². The third-order valence-electron chi connectivity index (χ3n) is 3.78. The summed E-state index contributed by atoms with van der Waals surface area (Å²) in [6, 6.07) is 9.82. The number of halogens is 1. The van der Waals surface area contributed by atoms with Gasteiger partial charge in [0.05, 0.1) is 0 Å². The maximum Gasteiger partial charge on any atom is 0.161 e. The summed E-state index contributed by atoms with van der Waals surface area (Å²) in [5, 5.41) is 10.2. The largest absolute Gasteiger partial charge is 0.386 e. The van der Waals surface area contributed by atoms with Gasteiger partial charge in [0.15, 0.2) is 5.67 Å². The summed E-state index contributed by atoms with van der Waals surface area (Å²) in [5.41, 5.74) is 4.29. The Morgan fingerprint density at radius 2 is 2.05 bits per heavy atom. The summed E-state index contributed by atoms with van der Waals surface area (Å²) < 4.78 is 14.8. The predicted molar refractivity (Wildman–Crippen MR) is 76.3 cm³/mol. The molecule has 0 bridgehead atoms. The Bertz CT molecular complexity index is 493. The van der Waals surface area contributed by atoms with E-state index in [1.165, 1.54) is 13.0 Å². The number of nitrogens with two attached hydrogens (primary N) is 1. The normalized spacial score (nSPS) is 25.8. The fraction of sp³-hybridized carbons (Fsp3) is 0.375. The van der Waals surface area contributed by atoms with Gasteiger partial charge in [0.1, 0.15) is 5.60 Å². The number of hydrogen-bond donors (Lipinski definition) is 2. The van der Waals surface area contributed by atoms with Gasteiger partial charge in [-0.2, -0.15) is 0 Å². The third kappa shape index (κ3) is 2.77. The van der Waals surface area contributed by atoms with E-state index < -0.39 is 11.3 Å². The van der Waals surface area contributed by atoms with Crippen molar-refractivity contribution in [3.05, 3.63) is 54.1 Å². The van der Waals surface area contributed by atoms with Gasteiger partial charge in [0, 0.05) is 6.42 Å². The molecule has 0 heterocycles. The van der Waals surface area contributed by atoms with Crippen LogP contribution in [0.25, 0.3) is 5.57 Å². The topological polar surface area (TPSA) is 46.2 Å². The molecule has 0 saturated heterocycles. The molecule has 1 aromatic carbocycles. The summed E-state index contributed by atoms with van der Waals surface area (Å²) in [7, 11) is 0. The number of hydrogen-bond acceptors (Lipinski definition) is 2. The van der Waals surface area contributed by atoms with E-state index in [0.717, 1.165) is 11.1 Å². The number of alkyl halides is 1. The number of allylic oxidation sites excluding steroid dienone is 3. The van der Waals surface area contributed by atoms with Gasteiger partial charge in [0.2, 0.25) is 0 Å². The number of aliphatic hydroxyl groups is 1. The fourth-order valence-corrected chi connectivity index (χ4v) is 2.35. The summed E-state index contributed by atoms with van der Waals surface area (Å²) >= 11 is 0. The van der Waals surface area contributed by atoms with Crippen molar-refractivity contribution in [2.75, 3.05) is 6.54 Å². The van der Waals surface area contributed by atoms with Crippen LogP contribution in [0.1, 0.15) is 25.3 Å². The SMILES string of the molecule is CC(O)(CCN)C1(F)C=CC(c2ccccc2)=CC1. The zero-order chi connectivity index (χ0) is 13.9. The molecule has 2 nitrogen and oxygen atoms in total. The molecule has 1 aliphatic carbocycles. The maximum atomic E-state index is 14.8. The minimum Gasteiger partial charge on any atom is -0.386 e. The van der Waals surface area contributed by atoms with Crippen LogP contribution >= 0.6 is 0 Å². The molecule has 2 rings (SSSR count). The highest BCUT2D eigenvalue weighted by atomic mass is 19.1. The van der Waals surface area contributed by atoms with E-state index in [4.69, 9.17) is 5.73 Å². The first kappa shape index (κ1) is 14.0. The van der Waals surface area contributed by atoms with Gasteiger partial charge in [-0.05, 0) is 37.1 Å². The van der Waals surface area contributed by atoms with Gasteiger partial charge in [-0.15, -0.1) is 0 Å². The highest BCUT2D eigenvalue weighted by molar-refractivity contribution is 5.75. The monoisotopic (exact) mass is 261 g/mol. The second-order valence-corrected chi connectivity index (χ2v) is 5.24. The highest BCUT2D eigenvalue weighted by Crippen LogP contribution is 2.39. The Balaban J connectivity index is 2.19. The molecular formula is C16H20FNO. The molecule has 19 heavy (non-hydrogen) atoms. The van der Waals surface area contributed by atoms with Crippen molar-refractivity contribution in [2.24, 2.45) is 5.73 Å². The van der Waals surface area contributed by atoms with Gasteiger partial charge < -0.3 is 10.8 Å². The first-order valence-electron chi connectivity index (χ1n) is 6.55. The van der Waals surface area contributed by atoms with Gasteiger partial charge in [-0.1, -0.05) is 42.5 Å². The maximum absolute atomic E-state index is 14.8. The molecule has 0 radical (unpaired) electrons. The molecule has 3 heteroatoms. The van der Waals surface area contributed by atoms with Gasteiger partial charge in [-0.25, -0.2) is 4.39 Å². The lowest BCUT2D eigenvalue weighted by Crippen LogP contribution is -2.49. The van der Waals surface area contributed by atoms with Crippen LogP contribution < -0.4 is 5.73 Å². The molecule has 1 aromatic rings. The van der Waals surface area contributed by atoms with Crippen molar-refractivity contribution in [1.29, 1.82) is 0 Å². The average molecular weight is 261 g/mol. The molecule has 102 valence electrons. The zero-order valence-electron chi connectivity index (χ0n) is 11.1. The Morgan fingerprint density at radius 3 is 2.58 bits per heavy atom. The Kier molecular flexibility index (Phi) is 3.88. The van der Waals surface area contributed by atoms with Gasteiger partial charge in [-0.3, -0.25) is 0 Å². The van der Waals surface area contributed by atoms with E-state index in [2.05, 4.69) is 0 Å². The summed E-state index contributed by atoms with van der Waals surface area (Å²) in [6.45, 7) is 1.77. The molecule has 0 saturated carbocycles. The lowest BCUT2D eigenvalue weighted by molar-refractivity contribution is -0.0665. The van der Waals surface area contributed by atoms with Crippen molar-refractivity contribution < 1.29 is 9.50 Å². The van der Waals surface area contributed by atoms with E-state index >= 15 is 0 Å². The lowest BCUT2D eigenvalue weighted by Gasteiger charge is -2.38. The first-order chi connectivity index (χ1) is 8.98. The molecule has 2 unspecified atom stereocenters. The molecule has 0 amide bonds. The third-order valence-corrected chi connectivity index (χ3v) is 3.78. The van der Waals surface area contributed by atoms with Crippen molar-refractivity contribution in [2.45, 2.75) is 31.0 Å². The molecule has 0 fully saturated rings. The molecular weight excluding hydrogens is 241 g/mol. The molecule has 1 aliphatic rings. The quantitative estimate of drug-likeness (QED) is 0.875. The fourth-order valence-electron chi connectivity index (χ4n) is 2.35. The van der Waals surface area contributed by atoms with Crippen LogP contribution in [0.3, 0.4) is 0 Å². The smallest absolute Gasteiger partial charge is 0.161 e. The Hall–Kier alpha value is -1.45. The number of benzene rings is 1. The second kappa shape index (κ2) is 5.27. The lowest BCUT2D eigenvalue weighted by atomic mass is 9.77. The standard InChI is InChI=1S/C16H20FNO/c1-15(19,11-12-18)16(17)9-7-14(8-10-16)13-5-3-2-4-6-13/h2-9,19H,10-12,18H2,1H3. The molecule has 2 atom stereocenters. The van der Waals surface area contributed by atoms with Crippen molar-refractivity contribution >= 4 is 5.57 Å². The van der Waals surface area contributed by atoms with Crippen LogP contribution in [0.15, 0.2) is 48.6 Å². The minimum atomic E-state index is -1.75. The van der Waals surface area contributed by atoms with Crippen LogP contribution in [0.2, 0.25) is 0 Å².